The van der Waals surface area contributed by atoms with E-state index in [2.05, 4.69) is 11.4 Å². The molecule has 2 aliphatic rings. The second-order valence-corrected chi connectivity index (χ2v) is 13.5. The third kappa shape index (κ3) is 5.61. The minimum atomic E-state index is -3.78. The second kappa shape index (κ2) is 9.08. The van der Waals surface area contributed by atoms with Crippen LogP contribution >= 0.6 is 0 Å². The summed E-state index contributed by atoms with van der Waals surface area (Å²) in [5, 5.41) is 11.2. The van der Waals surface area contributed by atoms with E-state index in [1.54, 1.807) is 20.8 Å². The number of likely N-dealkylation sites (tertiary alicyclic amines) is 1. The molecule has 10 heteroatoms. The lowest BCUT2D eigenvalue weighted by Crippen LogP contribution is -2.60. The number of hydrogen-bond donors (Lipinski definition) is 1. The Morgan fingerprint density at radius 2 is 1.83 bits per heavy atom. The fourth-order valence-corrected chi connectivity index (χ4v) is 6.18. The third-order valence-corrected chi connectivity index (χ3v) is 7.99. The molecule has 3 atom stereocenters. The largest absolute Gasteiger partial charge is 0.444 e. The summed E-state index contributed by atoms with van der Waals surface area (Å²) in [4.78, 5) is 28.9. The average molecular weight is 508 g/mol. The van der Waals surface area contributed by atoms with Crippen LogP contribution in [-0.4, -0.2) is 53.5 Å². The lowest BCUT2D eigenvalue weighted by Gasteiger charge is -2.41. The van der Waals surface area contributed by atoms with Crippen molar-refractivity contribution in [1.82, 2.24) is 10.2 Å². The smallest absolute Gasteiger partial charge is 0.411 e. The van der Waals surface area contributed by atoms with Crippen LogP contribution in [0, 0.1) is 23.1 Å². The maximum absolute atomic E-state index is 13.9. The summed E-state index contributed by atoms with van der Waals surface area (Å²) in [6.45, 7) is 8.79. The Balaban J connectivity index is 2.25. The second-order valence-electron chi connectivity index (χ2n) is 11.2. The monoisotopic (exact) mass is 507 g/mol. The highest BCUT2D eigenvalue weighted by molar-refractivity contribution is 7.91. The molecule has 8 nitrogen and oxygen atoms in total. The zero-order chi connectivity index (χ0) is 26.4. The lowest BCUT2D eigenvalue weighted by atomic mass is 9.85. The summed E-state index contributed by atoms with van der Waals surface area (Å²) in [7, 11) is -3.78. The number of ether oxygens (including phenoxy) is 1. The number of benzene rings is 1. The number of nitrogens with one attached hydrogen (secondary N) is 1. The molecule has 2 fully saturated rings. The van der Waals surface area contributed by atoms with Gasteiger partial charge in [0.1, 0.15) is 22.5 Å². The molecule has 1 N–H and O–H groups in total. The van der Waals surface area contributed by atoms with Gasteiger partial charge < -0.3 is 10.1 Å². The topological polar surface area (TPSA) is 117 Å². The van der Waals surface area contributed by atoms with Crippen molar-refractivity contribution in [2.45, 2.75) is 88.3 Å². The fraction of sp³-hybridized carbons (Fsp3) is 0.640. The molecule has 0 spiro atoms. The van der Waals surface area contributed by atoms with Gasteiger partial charge in [0.25, 0.3) is 0 Å². The quantitative estimate of drug-likeness (QED) is 0.625. The molecule has 1 heterocycles. The van der Waals surface area contributed by atoms with Crippen LogP contribution in [0.2, 0.25) is 0 Å². The van der Waals surface area contributed by atoms with Crippen molar-refractivity contribution < 1.29 is 27.1 Å². The van der Waals surface area contributed by atoms with Gasteiger partial charge in [-0.2, -0.15) is 5.26 Å². The van der Waals surface area contributed by atoms with Crippen molar-refractivity contribution >= 4 is 21.8 Å². The number of nitriles is 1. The number of nitrogens with zero attached hydrogens (tertiary/aromatic N) is 2. The van der Waals surface area contributed by atoms with Gasteiger partial charge in [-0.3, -0.25) is 9.69 Å². The standard InChI is InChI=1S/C25H34FN3O5S/c1-16(2)13-25(21(30)28-24(15-27)11-12-24)14-19(35(6,32)33)20(17-7-9-18(26)10-8-17)29(25)22(31)34-23(3,4)5/h7-10,16,19-20H,11-14H2,1-6H3,(H,28,30). The van der Waals surface area contributed by atoms with Crippen molar-refractivity contribution in [1.29, 1.82) is 5.26 Å². The van der Waals surface area contributed by atoms with Gasteiger partial charge in [0, 0.05) is 6.26 Å². The Bertz CT molecular complexity index is 1130. The van der Waals surface area contributed by atoms with Crippen LogP contribution in [-0.2, 0) is 19.4 Å². The number of carbonyl (C=O) groups excluding carboxylic acids is 2. The van der Waals surface area contributed by atoms with E-state index >= 15 is 0 Å². The summed E-state index contributed by atoms with van der Waals surface area (Å²) in [6.07, 6.45) is 1.19. The maximum Gasteiger partial charge on any atom is 0.411 e. The van der Waals surface area contributed by atoms with Crippen LogP contribution in [0.15, 0.2) is 24.3 Å². The lowest BCUT2D eigenvalue weighted by molar-refractivity contribution is -0.134. The third-order valence-electron chi connectivity index (χ3n) is 6.47. The van der Waals surface area contributed by atoms with Crippen molar-refractivity contribution in [3.05, 3.63) is 35.6 Å². The van der Waals surface area contributed by atoms with Gasteiger partial charge in [-0.05, 0) is 70.1 Å². The number of carbonyl (C=O) groups is 2. The Labute approximate surface area is 206 Å². The predicted octanol–water partition coefficient (Wildman–Crippen LogP) is 3.88. The molecule has 0 bridgehead atoms. The van der Waals surface area contributed by atoms with Crippen molar-refractivity contribution in [3.8, 4) is 6.07 Å². The Hall–Kier alpha value is -2.67. The van der Waals surface area contributed by atoms with Crippen LogP contribution in [0.1, 0.15) is 71.9 Å². The highest BCUT2D eigenvalue weighted by Gasteiger charge is 2.63. The molecule has 192 valence electrons. The van der Waals surface area contributed by atoms with E-state index < -0.39 is 55.6 Å². The molecule has 1 aromatic carbocycles. The highest BCUT2D eigenvalue weighted by atomic mass is 32.2. The molecule has 1 aliphatic carbocycles. The number of amides is 2. The molecule has 3 unspecified atom stereocenters. The summed E-state index contributed by atoms with van der Waals surface area (Å²) in [5.74, 6) is -1.19. The molecule has 1 saturated carbocycles. The first kappa shape index (κ1) is 26.9. The van der Waals surface area contributed by atoms with Gasteiger partial charge >= 0.3 is 6.09 Å². The normalized spacial score (nSPS) is 25.7. The predicted molar refractivity (Wildman–Crippen MR) is 128 cm³/mol. The number of rotatable bonds is 6. The molecule has 2 amide bonds. The number of hydrogen-bond acceptors (Lipinski definition) is 6. The molecule has 1 aliphatic heterocycles. The van der Waals surface area contributed by atoms with Crippen LogP contribution in [0.3, 0.4) is 0 Å². The molecule has 35 heavy (non-hydrogen) atoms. The first-order valence-corrected chi connectivity index (χ1v) is 13.7. The Morgan fingerprint density at radius 3 is 2.26 bits per heavy atom. The van der Waals surface area contributed by atoms with Gasteiger partial charge in [-0.25, -0.2) is 17.6 Å². The van der Waals surface area contributed by atoms with Crippen molar-refractivity contribution in [2.75, 3.05) is 6.26 Å². The van der Waals surface area contributed by atoms with Crippen LogP contribution in [0.4, 0.5) is 9.18 Å². The highest BCUT2D eigenvalue weighted by Crippen LogP contribution is 2.50. The maximum atomic E-state index is 13.9. The zero-order valence-electron chi connectivity index (χ0n) is 21.1. The Morgan fingerprint density at radius 1 is 1.26 bits per heavy atom. The van der Waals surface area contributed by atoms with E-state index in [9.17, 15) is 27.7 Å². The van der Waals surface area contributed by atoms with E-state index in [0.717, 1.165) is 6.26 Å². The fourth-order valence-electron chi connectivity index (χ4n) is 4.86. The van der Waals surface area contributed by atoms with Crippen LogP contribution in [0.5, 0.6) is 0 Å². The van der Waals surface area contributed by atoms with E-state index in [0.29, 0.717) is 18.4 Å². The van der Waals surface area contributed by atoms with Crippen molar-refractivity contribution in [2.24, 2.45) is 5.92 Å². The van der Waals surface area contributed by atoms with Gasteiger partial charge in [-0.1, -0.05) is 26.0 Å². The van der Waals surface area contributed by atoms with E-state index in [1.165, 1.54) is 29.2 Å². The SMILES string of the molecule is CC(C)CC1(C(=O)NC2(C#N)CC2)CC(S(C)(=O)=O)C(c2ccc(F)cc2)N1C(=O)OC(C)(C)C. The summed E-state index contributed by atoms with van der Waals surface area (Å²) < 4.78 is 45.5. The van der Waals surface area contributed by atoms with Crippen LogP contribution in [0.25, 0.3) is 0 Å². The molecule has 3 rings (SSSR count). The molecular weight excluding hydrogens is 473 g/mol. The molecule has 0 aromatic heterocycles. The number of halogens is 1. The van der Waals surface area contributed by atoms with Gasteiger partial charge in [0.2, 0.25) is 5.91 Å². The van der Waals surface area contributed by atoms with E-state index in [1.807, 2.05) is 13.8 Å². The zero-order valence-corrected chi connectivity index (χ0v) is 21.9. The summed E-state index contributed by atoms with van der Waals surface area (Å²) in [6, 6.07) is 6.28. The summed E-state index contributed by atoms with van der Waals surface area (Å²) >= 11 is 0. The molecule has 1 aromatic rings. The molecule has 0 radical (unpaired) electrons. The molecule has 1 saturated heterocycles. The van der Waals surface area contributed by atoms with Gasteiger partial charge in [0.15, 0.2) is 9.84 Å². The molecular formula is C25H34FN3O5S. The van der Waals surface area contributed by atoms with Gasteiger partial charge in [0.05, 0.1) is 17.4 Å². The minimum Gasteiger partial charge on any atom is -0.444 e. The van der Waals surface area contributed by atoms with E-state index in [-0.39, 0.29) is 18.8 Å². The van der Waals surface area contributed by atoms with Crippen molar-refractivity contribution in [3.63, 3.8) is 0 Å². The minimum absolute atomic E-state index is 0.102. The van der Waals surface area contributed by atoms with Crippen LogP contribution < -0.4 is 5.32 Å². The Kier molecular flexibility index (Phi) is 6.99. The number of sulfone groups is 1. The first-order valence-electron chi connectivity index (χ1n) is 11.7. The average Bonchev–Trinajstić information content (AvgIpc) is 3.39. The van der Waals surface area contributed by atoms with E-state index in [4.69, 9.17) is 4.74 Å². The summed E-state index contributed by atoms with van der Waals surface area (Å²) in [5.41, 5.74) is -3.14. The first-order chi connectivity index (χ1) is 16.0. The van der Waals surface area contributed by atoms with Gasteiger partial charge in [-0.15, -0.1) is 0 Å².